The molecule has 3 N–H and O–H groups in total. The average Bonchev–Trinajstić information content (AvgIpc) is 3.30. The largest absolute Gasteiger partial charge is 0.491 e. The van der Waals surface area contributed by atoms with Gasteiger partial charge in [-0.2, -0.15) is 5.26 Å². The van der Waals surface area contributed by atoms with Crippen LogP contribution in [-0.4, -0.2) is 54.7 Å². The van der Waals surface area contributed by atoms with E-state index >= 15 is 0 Å². The number of aliphatic imine (C=N–C) groups is 1. The first-order valence-corrected chi connectivity index (χ1v) is 13.2. The number of nitrogen functional groups attached to an aromatic ring is 1. The molecule has 4 rings (SSSR count). The van der Waals surface area contributed by atoms with Crippen LogP contribution in [0, 0.1) is 11.3 Å². The van der Waals surface area contributed by atoms with Crippen molar-refractivity contribution in [3.63, 3.8) is 0 Å². The van der Waals surface area contributed by atoms with E-state index in [4.69, 9.17) is 19.9 Å². The quantitative estimate of drug-likeness (QED) is 0.285. The van der Waals surface area contributed by atoms with Crippen molar-refractivity contribution >= 4 is 30.2 Å². The van der Waals surface area contributed by atoms with Gasteiger partial charge in [-0.15, -0.1) is 11.8 Å². The normalized spacial score (nSPS) is 15.9. The number of thioether (sulfide) groups is 1. The minimum Gasteiger partial charge on any atom is -0.491 e. The molecule has 1 atom stereocenters. The Labute approximate surface area is 231 Å². The number of nitrogens with two attached hydrogens (primary N) is 1. The lowest BCUT2D eigenvalue weighted by molar-refractivity contribution is -0.141. The maximum Gasteiger partial charge on any atom is 0.269 e. The average molecular weight is 547 g/mol. The molecule has 39 heavy (non-hydrogen) atoms. The van der Waals surface area contributed by atoms with Gasteiger partial charge in [0.05, 0.1) is 18.7 Å². The van der Waals surface area contributed by atoms with Crippen LogP contribution in [0.25, 0.3) is 11.1 Å². The topological polar surface area (TPSA) is 145 Å². The lowest BCUT2D eigenvalue weighted by Gasteiger charge is -2.18. The predicted molar refractivity (Wildman–Crippen MR) is 150 cm³/mol. The number of nitrogens with one attached hydrogen (secondary N) is 1. The molecule has 1 aliphatic heterocycles. The first kappa shape index (κ1) is 28.0. The second-order valence-corrected chi connectivity index (χ2v) is 10.2. The van der Waals surface area contributed by atoms with E-state index in [1.54, 1.807) is 19.3 Å². The van der Waals surface area contributed by atoms with Crippen LogP contribution in [0.5, 0.6) is 5.75 Å². The number of aromatic nitrogens is 2. The Morgan fingerprint density at radius 1 is 1.36 bits per heavy atom. The van der Waals surface area contributed by atoms with Crippen molar-refractivity contribution in [2.75, 3.05) is 26.0 Å². The first-order valence-electron chi connectivity index (χ1n) is 12.2. The van der Waals surface area contributed by atoms with Gasteiger partial charge in [-0.25, -0.2) is 4.98 Å². The van der Waals surface area contributed by atoms with E-state index in [-0.39, 0.29) is 24.4 Å². The highest BCUT2D eigenvalue weighted by atomic mass is 32.2. The summed E-state index contributed by atoms with van der Waals surface area (Å²) in [5.74, 6) is 0.520. The molecule has 202 valence electrons. The molecule has 0 aliphatic carbocycles. The Morgan fingerprint density at radius 3 is 2.77 bits per heavy atom. The molecule has 3 heterocycles. The summed E-state index contributed by atoms with van der Waals surface area (Å²) in [4.78, 5) is 24.6. The minimum atomic E-state index is -0.609. The Morgan fingerprint density at radius 2 is 2.13 bits per heavy atom. The number of carbonyl (C=O) groups is 1. The van der Waals surface area contributed by atoms with Crippen LogP contribution >= 0.6 is 11.8 Å². The summed E-state index contributed by atoms with van der Waals surface area (Å²) < 4.78 is 17.3. The zero-order valence-electron chi connectivity index (χ0n) is 22.1. The Hall–Kier alpha value is -3.98. The van der Waals surface area contributed by atoms with E-state index in [1.165, 1.54) is 11.8 Å². The number of nitrogens with zero attached hydrogens (tertiary/aromatic N) is 4. The van der Waals surface area contributed by atoms with E-state index in [0.29, 0.717) is 52.1 Å². The second kappa shape index (κ2) is 12.3. The van der Waals surface area contributed by atoms with Crippen LogP contribution < -0.4 is 15.8 Å². The lowest BCUT2D eigenvalue weighted by Crippen LogP contribution is -2.25. The Bertz CT molecular complexity index is 1400. The Kier molecular flexibility index (Phi) is 8.81. The molecule has 2 aromatic heterocycles. The molecule has 0 radical (unpaired) electrons. The Balaban J connectivity index is 1.59. The zero-order chi connectivity index (χ0) is 28.0. The summed E-state index contributed by atoms with van der Waals surface area (Å²) in [6, 6.07) is 13.3. The van der Waals surface area contributed by atoms with Gasteiger partial charge in [0.1, 0.15) is 41.1 Å². The summed E-state index contributed by atoms with van der Waals surface area (Å²) in [7, 11) is 1.55. The van der Waals surface area contributed by atoms with Gasteiger partial charge in [-0.3, -0.25) is 14.8 Å². The fraction of sp³-hybridized carbons (Fsp3) is 0.321. The number of pyridine rings is 2. The summed E-state index contributed by atoms with van der Waals surface area (Å²) >= 11 is 1.36. The van der Waals surface area contributed by atoms with E-state index < -0.39 is 5.79 Å². The number of carbonyl (C=O) groups excluding carboxylic acids is 1. The van der Waals surface area contributed by atoms with Crippen LogP contribution in [0.3, 0.4) is 0 Å². The van der Waals surface area contributed by atoms with Crippen molar-refractivity contribution in [2.24, 2.45) is 4.99 Å². The zero-order valence-corrected chi connectivity index (χ0v) is 22.9. The molecule has 11 heteroatoms. The molecule has 1 fully saturated rings. The number of anilines is 1. The summed E-state index contributed by atoms with van der Waals surface area (Å²) in [6.07, 6.45) is 1.43. The maximum absolute atomic E-state index is 12.0. The molecule has 0 bridgehead atoms. The van der Waals surface area contributed by atoms with Gasteiger partial charge in [0.25, 0.3) is 5.91 Å². The van der Waals surface area contributed by atoms with E-state index in [2.05, 4.69) is 33.1 Å². The van der Waals surface area contributed by atoms with E-state index in [1.807, 2.05) is 44.2 Å². The van der Waals surface area contributed by atoms with Crippen molar-refractivity contribution in [3.05, 3.63) is 65.0 Å². The van der Waals surface area contributed by atoms with Crippen LogP contribution in [-0.2, 0) is 21.8 Å². The standard InChI is InChI=1S/C28H30N6O4S/c1-28(2)37-15-20(38-28)14-36-19-7-5-18(6-8-19)24-21(12-29)27(34-25(30)22(24)13-31-3)39-16-17-9-10-33-23(11-17)26(35)32-4/h5-11,20H,3,13-16H2,1-2,4H3,(H2,30,34)(H,32,35). The lowest BCUT2D eigenvalue weighted by atomic mass is 9.96. The van der Waals surface area contributed by atoms with Crippen molar-refractivity contribution < 1.29 is 19.0 Å². The number of hydrogen-bond donors (Lipinski definition) is 2. The van der Waals surface area contributed by atoms with Crippen LogP contribution in [0.2, 0.25) is 0 Å². The molecule has 1 aliphatic rings. The number of ether oxygens (including phenoxy) is 3. The summed E-state index contributed by atoms with van der Waals surface area (Å²) in [6.45, 7) is 8.38. The number of benzene rings is 1. The van der Waals surface area contributed by atoms with Crippen molar-refractivity contribution in [2.45, 2.75) is 43.1 Å². The van der Waals surface area contributed by atoms with Crippen molar-refractivity contribution in [3.8, 4) is 22.9 Å². The molecule has 1 saturated heterocycles. The molecule has 1 aromatic carbocycles. The number of hydrogen-bond acceptors (Lipinski definition) is 10. The first-order chi connectivity index (χ1) is 18.7. The van der Waals surface area contributed by atoms with Gasteiger partial charge >= 0.3 is 0 Å². The van der Waals surface area contributed by atoms with E-state index in [9.17, 15) is 10.1 Å². The maximum atomic E-state index is 12.0. The third-order valence-corrected chi connectivity index (χ3v) is 7.03. The molecule has 3 aromatic rings. The minimum absolute atomic E-state index is 0.150. The van der Waals surface area contributed by atoms with Gasteiger partial charge in [0.2, 0.25) is 0 Å². The third kappa shape index (κ3) is 6.72. The number of amides is 1. The fourth-order valence-corrected chi connectivity index (χ4v) is 5.08. The van der Waals surface area contributed by atoms with Gasteiger partial charge in [-0.05, 0) is 56.0 Å². The summed E-state index contributed by atoms with van der Waals surface area (Å²) in [5, 5.41) is 13.2. The fourth-order valence-electron chi connectivity index (χ4n) is 4.14. The van der Waals surface area contributed by atoms with Crippen LogP contribution in [0.1, 0.15) is 41.0 Å². The van der Waals surface area contributed by atoms with Gasteiger partial charge in [0, 0.05) is 30.1 Å². The third-order valence-electron chi connectivity index (χ3n) is 5.98. The van der Waals surface area contributed by atoms with Gasteiger partial charge in [0.15, 0.2) is 5.79 Å². The molecule has 0 spiro atoms. The second-order valence-electron chi connectivity index (χ2n) is 9.23. The number of nitriles is 1. The monoisotopic (exact) mass is 546 g/mol. The van der Waals surface area contributed by atoms with Gasteiger partial charge in [-0.1, -0.05) is 12.1 Å². The molecular weight excluding hydrogens is 516 g/mol. The van der Waals surface area contributed by atoms with Crippen LogP contribution in [0.15, 0.2) is 52.6 Å². The smallest absolute Gasteiger partial charge is 0.269 e. The molecule has 1 amide bonds. The van der Waals surface area contributed by atoms with Crippen molar-refractivity contribution in [1.29, 1.82) is 5.26 Å². The van der Waals surface area contributed by atoms with Crippen LogP contribution in [0.4, 0.5) is 5.82 Å². The van der Waals surface area contributed by atoms with E-state index in [0.717, 1.165) is 11.1 Å². The van der Waals surface area contributed by atoms with Gasteiger partial charge < -0.3 is 25.3 Å². The molecule has 1 unspecified atom stereocenters. The highest BCUT2D eigenvalue weighted by molar-refractivity contribution is 7.98. The highest BCUT2D eigenvalue weighted by Crippen LogP contribution is 2.38. The molecular formula is C28H30N6O4S. The summed E-state index contributed by atoms with van der Waals surface area (Å²) in [5.41, 5.74) is 9.98. The predicted octanol–water partition coefficient (Wildman–Crippen LogP) is 3.98. The molecule has 0 saturated carbocycles. The highest BCUT2D eigenvalue weighted by Gasteiger charge is 2.33. The molecule has 10 nitrogen and oxygen atoms in total. The van der Waals surface area contributed by atoms with Crippen molar-refractivity contribution in [1.82, 2.24) is 15.3 Å². The number of rotatable bonds is 10. The SMILES string of the molecule is C=NCc1c(N)nc(SCc2ccnc(C(=O)NC)c2)c(C#N)c1-c1ccc(OCC2COC(C)(C)O2)cc1.